The van der Waals surface area contributed by atoms with E-state index in [2.05, 4.69) is 121 Å². The van der Waals surface area contributed by atoms with Gasteiger partial charge in [0, 0.05) is 27.1 Å². The Labute approximate surface area is 281 Å². The average molecular weight is 626 g/mol. The van der Waals surface area contributed by atoms with Gasteiger partial charge < -0.3 is 4.42 Å². The molecule has 0 atom stereocenters. The second kappa shape index (κ2) is 11.0. The molecule has 4 nitrogen and oxygen atoms in total. The Kier molecular flexibility index (Phi) is 6.15. The second-order valence-electron chi connectivity index (χ2n) is 12.4. The van der Waals surface area contributed by atoms with Crippen molar-refractivity contribution >= 4 is 65.6 Å². The summed E-state index contributed by atoms with van der Waals surface area (Å²) in [7, 11) is 0. The lowest BCUT2D eigenvalue weighted by atomic mass is 9.91. The summed E-state index contributed by atoms with van der Waals surface area (Å²) >= 11 is 0. The SMILES string of the molecule is c1ccc(-c2nc3nc(n2)c2cccc4oc5ccc(cc5c42)c2ccccc2c2cc3ccc2-c2ccccc2-c2ccccc2)cc1. The molecule has 0 aliphatic heterocycles. The molecule has 0 spiro atoms. The van der Waals surface area contributed by atoms with E-state index in [9.17, 15) is 0 Å². The van der Waals surface area contributed by atoms with E-state index in [0.717, 1.165) is 70.9 Å². The summed E-state index contributed by atoms with van der Waals surface area (Å²) in [4.78, 5) is 15.4. The van der Waals surface area contributed by atoms with Crippen molar-refractivity contribution in [3.05, 3.63) is 164 Å². The summed E-state index contributed by atoms with van der Waals surface area (Å²) in [6.07, 6.45) is 0. The number of fused-ring (bicyclic) bond motifs is 10. The number of hydrogen-bond acceptors (Lipinski definition) is 4. The fourth-order valence-corrected chi connectivity index (χ4v) is 7.22. The van der Waals surface area contributed by atoms with E-state index in [-0.39, 0.29) is 0 Å². The quantitative estimate of drug-likeness (QED) is 0.196. The normalized spacial score (nSPS) is 11.7. The number of nitrogens with zero attached hydrogens (tertiary/aromatic N) is 3. The largest absolute Gasteiger partial charge is 0.456 e. The molecule has 4 heteroatoms. The first-order valence-electron chi connectivity index (χ1n) is 16.4. The first-order chi connectivity index (χ1) is 24.3. The van der Waals surface area contributed by atoms with Gasteiger partial charge in [-0.15, -0.1) is 0 Å². The minimum Gasteiger partial charge on any atom is -0.456 e. The zero-order valence-corrected chi connectivity index (χ0v) is 26.3. The molecule has 0 fully saturated rings. The Morgan fingerprint density at radius 3 is 1.84 bits per heavy atom. The molecular formula is C45H27N3O. The molecule has 228 valence electrons. The highest BCUT2D eigenvalue weighted by molar-refractivity contribution is 6.20. The molecule has 7 aromatic carbocycles. The van der Waals surface area contributed by atoms with E-state index in [1.165, 1.54) is 11.1 Å². The molecule has 10 rings (SSSR count). The lowest BCUT2D eigenvalue weighted by molar-refractivity contribution is 0.669. The van der Waals surface area contributed by atoms with Gasteiger partial charge in [-0.2, -0.15) is 0 Å². The van der Waals surface area contributed by atoms with Gasteiger partial charge in [0.2, 0.25) is 0 Å². The molecular weight excluding hydrogens is 599 g/mol. The molecule has 0 saturated heterocycles. The lowest BCUT2D eigenvalue weighted by Gasteiger charge is -2.13. The van der Waals surface area contributed by atoms with Gasteiger partial charge in [-0.3, -0.25) is 0 Å². The van der Waals surface area contributed by atoms with Crippen LogP contribution in [0.1, 0.15) is 0 Å². The maximum atomic E-state index is 6.42. The smallest absolute Gasteiger partial charge is 0.164 e. The van der Waals surface area contributed by atoms with E-state index < -0.39 is 0 Å². The van der Waals surface area contributed by atoms with Gasteiger partial charge in [0.05, 0.1) is 0 Å². The molecule has 3 aromatic heterocycles. The summed E-state index contributed by atoms with van der Waals surface area (Å²) in [5, 5.41) is 8.35. The van der Waals surface area contributed by atoms with Crippen LogP contribution in [0.15, 0.2) is 168 Å². The van der Waals surface area contributed by atoms with Crippen LogP contribution in [0.25, 0.3) is 99.2 Å². The Bertz CT molecular complexity index is 2930. The molecule has 0 saturated carbocycles. The summed E-state index contributed by atoms with van der Waals surface area (Å²) in [5.41, 5.74) is 8.45. The van der Waals surface area contributed by atoms with Crippen molar-refractivity contribution in [3.8, 4) is 33.6 Å². The van der Waals surface area contributed by atoms with Crippen LogP contribution >= 0.6 is 0 Å². The minimum atomic E-state index is 0.611. The minimum absolute atomic E-state index is 0.611. The van der Waals surface area contributed by atoms with Crippen LogP contribution in [0.5, 0.6) is 0 Å². The van der Waals surface area contributed by atoms with Crippen molar-refractivity contribution in [2.45, 2.75) is 0 Å². The van der Waals surface area contributed by atoms with E-state index in [4.69, 9.17) is 19.4 Å². The highest BCUT2D eigenvalue weighted by Crippen LogP contribution is 2.40. The lowest BCUT2D eigenvalue weighted by Crippen LogP contribution is -1.94. The van der Waals surface area contributed by atoms with Gasteiger partial charge >= 0.3 is 0 Å². The molecule has 0 radical (unpaired) electrons. The van der Waals surface area contributed by atoms with Gasteiger partial charge in [-0.25, -0.2) is 15.0 Å². The van der Waals surface area contributed by atoms with Gasteiger partial charge in [0.1, 0.15) is 11.2 Å². The molecule has 6 bridgehead atoms. The number of furan rings is 1. The number of aromatic nitrogens is 3. The summed E-state index contributed by atoms with van der Waals surface area (Å²) in [6, 6.07) is 57.3. The van der Waals surface area contributed by atoms with Crippen molar-refractivity contribution < 1.29 is 4.42 Å². The number of hydrogen-bond donors (Lipinski definition) is 0. The van der Waals surface area contributed by atoms with Gasteiger partial charge in [-0.05, 0) is 68.1 Å². The predicted molar refractivity (Wildman–Crippen MR) is 202 cm³/mol. The zero-order valence-electron chi connectivity index (χ0n) is 26.3. The highest BCUT2D eigenvalue weighted by atomic mass is 16.3. The van der Waals surface area contributed by atoms with Crippen molar-refractivity contribution in [1.82, 2.24) is 15.0 Å². The summed E-state index contributed by atoms with van der Waals surface area (Å²) in [6.45, 7) is 0. The first-order valence-corrected chi connectivity index (χ1v) is 16.4. The molecule has 3 heterocycles. The molecule has 0 aliphatic carbocycles. The fourth-order valence-electron chi connectivity index (χ4n) is 7.22. The Morgan fingerprint density at radius 2 is 1.00 bits per heavy atom. The average Bonchev–Trinajstić information content (AvgIpc) is 3.56. The van der Waals surface area contributed by atoms with E-state index in [0.29, 0.717) is 17.1 Å². The van der Waals surface area contributed by atoms with Crippen molar-refractivity contribution in [2.75, 3.05) is 0 Å². The van der Waals surface area contributed by atoms with Crippen molar-refractivity contribution in [2.24, 2.45) is 0 Å². The Balaban J connectivity index is 1.44. The standard InChI is InChI=1S/C45H27N3O/c1-3-12-28(13-4-1)32-16-7-9-18-34(32)36-24-22-31-27-38(36)35-19-10-8-17-33(35)30-23-25-40-39(26-30)42-37(20-11-21-41(42)49-40)45-47-43(46-44(31)48-45)29-14-5-2-6-15-29/h1-27H. The third-order valence-electron chi connectivity index (χ3n) is 9.51. The maximum absolute atomic E-state index is 6.42. The third kappa shape index (κ3) is 4.49. The van der Waals surface area contributed by atoms with E-state index in [1.54, 1.807) is 0 Å². The van der Waals surface area contributed by atoms with Crippen LogP contribution in [-0.2, 0) is 0 Å². The zero-order chi connectivity index (χ0) is 32.3. The predicted octanol–water partition coefficient (Wildman–Crippen LogP) is 11.9. The van der Waals surface area contributed by atoms with Crippen LogP contribution in [0.2, 0.25) is 0 Å². The number of benzene rings is 7. The maximum Gasteiger partial charge on any atom is 0.164 e. The van der Waals surface area contributed by atoms with Crippen molar-refractivity contribution in [3.63, 3.8) is 0 Å². The van der Waals surface area contributed by atoms with Gasteiger partial charge in [0.25, 0.3) is 0 Å². The molecule has 49 heavy (non-hydrogen) atoms. The van der Waals surface area contributed by atoms with Crippen LogP contribution in [0.3, 0.4) is 0 Å². The molecule has 0 N–H and O–H groups in total. The van der Waals surface area contributed by atoms with E-state index in [1.807, 2.05) is 42.5 Å². The van der Waals surface area contributed by atoms with E-state index >= 15 is 0 Å². The Morgan fingerprint density at radius 1 is 0.347 bits per heavy atom. The number of rotatable bonds is 3. The fraction of sp³-hybridized carbons (Fsp3) is 0. The second-order valence-corrected chi connectivity index (χ2v) is 12.4. The third-order valence-corrected chi connectivity index (χ3v) is 9.51. The Hall–Kier alpha value is -6.65. The van der Waals surface area contributed by atoms with Gasteiger partial charge in [-0.1, -0.05) is 140 Å². The van der Waals surface area contributed by atoms with Crippen LogP contribution in [-0.4, -0.2) is 15.0 Å². The summed E-state index contributed by atoms with van der Waals surface area (Å²) < 4.78 is 6.42. The first kappa shape index (κ1) is 27.5. The topological polar surface area (TPSA) is 51.8 Å². The molecule has 0 aliphatic rings. The molecule has 0 unspecified atom stereocenters. The monoisotopic (exact) mass is 625 g/mol. The van der Waals surface area contributed by atoms with Gasteiger partial charge in [0.15, 0.2) is 17.1 Å². The molecule has 0 amide bonds. The molecule has 10 aromatic rings. The van der Waals surface area contributed by atoms with Crippen LogP contribution < -0.4 is 0 Å². The van der Waals surface area contributed by atoms with Crippen molar-refractivity contribution in [1.29, 1.82) is 0 Å². The summed E-state index contributed by atoms with van der Waals surface area (Å²) in [5.74, 6) is 0.626. The van der Waals surface area contributed by atoms with Crippen LogP contribution in [0.4, 0.5) is 0 Å². The van der Waals surface area contributed by atoms with Crippen LogP contribution in [0, 0.1) is 0 Å². The highest BCUT2D eigenvalue weighted by Gasteiger charge is 2.16.